The summed E-state index contributed by atoms with van der Waals surface area (Å²) >= 11 is 0. The van der Waals surface area contributed by atoms with Crippen molar-refractivity contribution in [3.8, 4) is 11.5 Å². The number of phenols is 2. The SMILES string of the molecule is Cc1nc(C)c(CNC(=O)c2ccc(O)c(O)c2)nc1C. The smallest absolute Gasteiger partial charge is 0.251 e. The maximum absolute atomic E-state index is 12.0. The second-order valence-corrected chi connectivity index (χ2v) is 4.81. The summed E-state index contributed by atoms with van der Waals surface area (Å²) in [5, 5.41) is 21.3. The van der Waals surface area contributed by atoms with Crippen molar-refractivity contribution >= 4 is 5.91 Å². The Hall–Kier alpha value is -2.63. The van der Waals surface area contributed by atoms with Crippen LogP contribution in [-0.4, -0.2) is 26.1 Å². The van der Waals surface area contributed by atoms with E-state index in [2.05, 4.69) is 15.3 Å². The number of carbonyl (C=O) groups excluding carboxylic acids is 1. The molecular formula is C15H17N3O3. The van der Waals surface area contributed by atoms with E-state index in [1.54, 1.807) is 0 Å². The molecule has 0 radical (unpaired) electrons. The number of amides is 1. The van der Waals surface area contributed by atoms with Crippen molar-refractivity contribution in [2.75, 3.05) is 0 Å². The van der Waals surface area contributed by atoms with E-state index in [1.807, 2.05) is 20.8 Å². The monoisotopic (exact) mass is 287 g/mol. The van der Waals surface area contributed by atoms with E-state index in [1.165, 1.54) is 18.2 Å². The number of aromatic nitrogens is 2. The van der Waals surface area contributed by atoms with E-state index in [9.17, 15) is 15.0 Å². The maximum Gasteiger partial charge on any atom is 0.251 e. The van der Waals surface area contributed by atoms with Crippen LogP contribution >= 0.6 is 0 Å². The van der Waals surface area contributed by atoms with E-state index in [0.717, 1.165) is 17.1 Å². The first-order valence-corrected chi connectivity index (χ1v) is 6.49. The lowest BCUT2D eigenvalue weighted by Gasteiger charge is -2.09. The van der Waals surface area contributed by atoms with Gasteiger partial charge in [0.05, 0.1) is 29.3 Å². The summed E-state index contributed by atoms with van der Waals surface area (Å²) in [6.45, 7) is 5.84. The lowest BCUT2D eigenvalue weighted by molar-refractivity contribution is 0.0950. The maximum atomic E-state index is 12.0. The minimum absolute atomic E-state index is 0.250. The summed E-state index contributed by atoms with van der Waals surface area (Å²) in [6, 6.07) is 3.91. The van der Waals surface area contributed by atoms with Crippen molar-refractivity contribution < 1.29 is 15.0 Å². The van der Waals surface area contributed by atoms with Gasteiger partial charge in [0.2, 0.25) is 0 Å². The van der Waals surface area contributed by atoms with Crippen molar-refractivity contribution in [3.05, 3.63) is 46.5 Å². The third-order valence-electron chi connectivity index (χ3n) is 3.23. The molecule has 0 bridgehead atoms. The molecule has 2 rings (SSSR count). The molecule has 0 saturated heterocycles. The van der Waals surface area contributed by atoms with Crippen LogP contribution < -0.4 is 5.32 Å². The lowest BCUT2D eigenvalue weighted by atomic mass is 10.2. The summed E-state index contributed by atoms with van der Waals surface area (Å²) < 4.78 is 0. The molecule has 0 saturated carbocycles. The zero-order valence-corrected chi connectivity index (χ0v) is 12.1. The second-order valence-electron chi connectivity index (χ2n) is 4.81. The van der Waals surface area contributed by atoms with Gasteiger partial charge >= 0.3 is 0 Å². The fraction of sp³-hybridized carbons (Fsp3) is 0.267. The minimum atomic E-state index is -0.357. The molecule has 21 heavy (non-hydrogen) atoms. The first kappa shape index (κ1) is 14.8. The van der Waals surface area contributed by atoms with Crippen molar-refractivity contribution in [3.63, 3.8) is 0 Å². The molecule has 0 spiro atoms. The molecule has 6 heteroatoms. The van der Waals surface area contributed by atoms with Gasteiger partial charge in [-0.05, 0) is 39.0 Å². The molecule has 0 unspecified atom stereocenters. The van der Waals surface area contributed by atoms with Gasteiger partial charge in [-0.15, -0.1) is 0 Å². The average molecular weight is 287 g/mol. The predicted molar refractivity (Wildman–Crippen MR) is 77.2 cm³/mol. The Bertz CT molecular complexity index is 699. The van der Waals surface area contributed by atoms with Gasteiger partial charge in [-0.3, -0.25) is 14.8 Å². The number of benzene rings is 1. The number of phenolic OH excluding ortho intramolecular Hbond substituents is 2. The quantitative estimate of drug-likeness (QED) is 0.747. The zero-order chi connectivity index (χ0) is 15.6. The Morgan fingerprint density at radius 2 is 1.71 bits per heavy atom. The van der Waals surface area contributed by atoms with Crippen LogP contribution in [0.1, 0.15) is 33.1 Å². The molecule has 110 valence electrons. The minimum Gasteiger partial charge on any atom is -0.504 e. The van der Waals surface area contributed by atoms with Crippen LogP contribution in [0.4, 0.5) is 0 Å². The number of nitrogens with zero attached hydrogens (tertiary/aromatic N) is 2. The van der Waals surface area contributed by atoms with Gasteiger partial charge < -0.3 is 15.5 Å². The highest BCUT2D eigenvalue weighted by Crippen LogP contribution is 2.24. The number of hydrogen-bond acceptors (Lipinski definition) is 5. The highest BCUT2D eigenvalue weighted by atomic mass is 16.3. The van der Waals surface area contributed by atoms with Crippen LogP contribution in [-0.2, 0) is 6.54 Å². The summed E-state index contributed by atoms with van der Waals surface area (Å²) in [6.07, 6.45) is 0. The fourth-order valence-electron chi connectivity index (χ4n) is 1.86. The van der Waals surface area contributed by atoms with E-state index in [0.29, 0.717) is 5.69 Å². The Balaban J connectivity index is 2.11. The van der Waals surface area contributed by atoms with Crippen molar-refractivity contribution in [1.29, 1.82) is 0 Å². The summed E-state index contributed by atoms with van der Waals surface area (Å²) in [4.78, 5) is 20.8. The third kappa shape index (κ3) is 3.28. The van der Waals surface area contributed by atoms with Crippen LogP contribution in [0.25, 0.3) is 0 Å². The molecule has 6 nitrogen and oxygen atoms in total. The van der Waals surface area contributed by atoms with Crippen LogP contribution in [0.3, 0.4) is 0 Å². The fourth-order valence-corrected chi connectivity index (χ4v) is 1.86. The van der Waals surface area contributed by atoms with E-state index >= 15 is 0 Å². The van der Waals surface area contributed by atoms with Crippen molar-refractivity contribution in [2.45, 2.75) is 27.3 Å². The molecule has 1 aromatic carbocycles. The Morgan fingerprint density at radius 1 is 1.05 bits per heavy atom. The van der Waals surface area contributed by atoms with Gasteiger partial charge in [0.15, 0.2) is 11.5 Å². The second kappa shape index (κ2) is 5.78. The molecule has 0 aliphatic rings. The van der Waals surface area contributed by atoms with Gasteiger partial charge in [-0.1, -0.05) is 0 Å². The van der Waals surface area contributed by atoms with Crippen LogP contribution in [0.15, 0.2) is 18.2 Å². The van der Waals surface area contributed by atoms with Gasteiger partial charge in [0, 0.05) is 5.56 Å². The van der Waals surface area contributed by atoms with Gasteiger partial charge in [-0.25, -0.2) is 0 Å². The predicted octanol–water partition coefficient (Wildman–Crippen LogP) is 1.74. The molecule has 0 aliphatic heterocycles. The normalized spacial score (nSPS) is 10.4. The first-order valence-electron chi connectivity index (χ1n) is 6.49. The number of aromatic hydroxyl groups is 2. The first-order chi connectivity index (χ1) is 9.88. The van der Waals surface area contributed by atoms with Gasteiger partial charge in [-0.2, -0.15) is 0 Å². The average Bonchev–Trinajstić information content (AvgIpc) is 2.44. The number of aryl methyl sites for hydroxylation is 3. The molecule has 1 amide bonds. The summed E-state index contributed by atoms with van der Waals surface area (Å²) in [5.41, 5.74) is 3.43. The molecule has 0 atom stereocenters. The summed E-state index contributed by atoms with van der Waals surface area (Å²) in [5.74, 6) is -0.947. The Morgan fingerprint density at radius 3 is 2.38 bits per heavy atom. The topological polar surface area (TPSA) is 95.3 Å². The van der Waals surface area contributed by atoms with Crippen molar-refractivity contribution in [2.24, 2.45) is 0 Å². The lowest BCUT2D eigenvalue weighted by Crippen LogP contribution is -2.24. The highest BCUT2D eigenvalue weighted by Gasteiger charge is 2.11. The number of nitrogens with one attached hydrogen (secondary N) is 1. The van der Waals surface area contributed by atoms with Crippen LogP contribution in [0.5, 0.6) is 11.5 Å². The molecule has 0 aliphatic carbocycles. The molecule has 3 N–H and O–H groups in total. The molecule has 2 aromatic rings. The molecule has 1 heterocycles. The third-order valence-corrected chi connectivity index (χ3v) is 3.23. The van der Waals surface area contributed by atoms with E-state index in [-0.39, 0.29) is 29.5 Å². The molecular weight excluding hydrogens is 270 g/mol. The van der Waals surface area contributed by atoms with Gasteiger partial charge in [0.25, 0.3) is 5.91 Å². The molecule has 1 aromatic heterocycles. The highest BCUT2D eigenvalue weighted by molar-refractivity contribution is 5.94. The summed E-state index contributed by atoms with van der Waals surface area (Å²) in [7, 11) is 0. The largest absolute Gasteiger partial charge is 0.504 e. The van der Waals surface area contributed by atoms with E-state index in [4.69, 9.17) is 0 Å². The van der Waals surface area contributed by atoms with Crippen LogP contribution in [0.2, 0.25) is 0 Å². The van der Waals surface area contributed by atoms with Crippen molar-refractivity contribution in [1.82, 2.24) is 15.3 Å². The Kier molecular flexibility index (Phi) is 4.07. The molecule has 0 fully saturated rings. The van der Waals surface area contributed by atoms with Gasteiger partial charge in [0.1, 0.15) is 0 Å². The van der Waals surface area contributed by atoms with Crippen LogP contribution in [0, 0.1) is 20.8 Å². The Labute approximate surface area is 122 Å². The number of carbonyl (C=O) groups is 1. The number of hydrogen-bond donors (Lipinski definition) is 3. The standard InChI is InChI=1S/C15H17N3O3/c1-8-9(2)18-12(10(3)17-8)7-16-15(21)11-4-5-13(19)14(20)6-11/h4-6,19-20H,7H2,1-3H3,(H,16,21). The number of rotatable bonds is 3. The van der Waals surface area contributed by atoms with E-state index < -0.39 is 0 Å². The zero-order valence-electron chi connectivity index (χ0n) is 12.1.